The van der Waals surface area contributed by atoms with Gasteiger partial charge in [0.05, 0.1) is 0 Å². The number of rotatable bonds is 4. The van der Waals surface area contributed by atoms with E-state index in [0.717, 1.165) is 25.9 Å². The Hall–Kier alpha value is -1.62. The second-order valence-corrected chi connectivity index (χ2v) is 5.77. The molecule has 0 spiro atoms. The number of hydrogen-bond donors (Lipinski definition) is 2. The second-order valence-electron chi connectivity index (χ2n) is 5.77. The van der Waals surface area contributed by atoms with Crippen molar-refractivity contribution in [1.29, 1.82) is 0 Å². The first-order chi connectivity index (χ1) is 9.58. The fourth-order valence-corrected chi connectivity index (χ4v) is 2.48. The Balaban J connectivity index is 2.11. The van der Waals surface area contributed by atoms with Gasteiger partial charge in [0.25, 0.3) is 11.5 Å². The van der Waals surface area contributed by atoms with Crippen molar-refractivity contribution in [1.82, 2.24) is 15.2 Å². The highest BCUT2D eigenvalue weighted by Gasteiger charge is 2.18. The van der Waals surface area contributed by atoms with Crippen LogP contribution in [-0.2, 0) is 6.54 Å². The van der Waals surface area contributed by atoms with E-state index in [1.165, 1.54) is 0 Å². The number of carbonyl (C=O) groups excluding carboxylic acids is 1. The fourth-order valence-electron chi connectivity index (χ4n) is 2.48. The van der Waals surface area contributed by atoms with Crippen molar-refractivity contribution in [2.75, 3.05) is 13.1 Å². The quantitative estimate of drug-likeness (QED) is 0.862. The highest BCUT2D eigenvalue weighted by Crippen LogP contribution is 2.04. The predicted molar refractivity (Wildman–Crippen MR) is 78.9 cm³/mol. The van der Waals surface area contributed by atoms with E-state index < -0.39 is 0 Å². The van der Waals surface area contributed by atoms with Gasteiger partial charge in [-0.25, -0.2) is 0 Å². The van der Waals surface area contributed by atoms with Gasteiger partial charge in [0.1, 0.15) is 5.56 Å². The Kier molecular flexibility index (Phi) is 4.95. The van der Waals surface area contributed by atoms with Crippen LogP contribution in [0.25, 0.3) is 0 Å². The average molecular weight is 277 g/mol. The normalized spacial score (nSPS) is 16.4. The lowest BCUT2D eigenvalue weighted by molar-refractivity contribution is 0.0927. The number of piperidine rings is 1. The van der Waals surface area contributed by atoms with Crippen LogP contribution >= 0.6 is 0 Å². The van der Waals surface area contributed by atoms with Crippen LogP contribution in [0.4, 0.5) is 0 Å². The van der Waals surface area contributed by atoms with E-state index >= 15 is 0 Å². The highest BCUT2D eigenvalue weighted by molar-refractivity contribution is 5.93. The lowest BCUT2D eigenvalue weighted by Crippen LogP contribution is -2.44. The first-order valence-corrected chi connectivity index (χ1v) is 7.29. The summed E-state index contributed by atoms with van der Waals surface area (Å²) in [5.74, 6) is 0.121. The summed E-state index contributed by atoms with van der Waals surface area (Å²) in [6, 6.07) is 3.54. The standard InChI is InChI=1S/C15H23N3O2/c1-11(2)10-18-9-3-4-13(15(18)20)14(19)17-12-5-7-16-8-6-12/h3-4,9,11-12,16H,5-8,10H2,1-2H3,(H,17,19). The summed E-state index contributed by atoms with van der Waals surface area (Å²) in [7, 11) is 0. The van der Waals surface area contributed by atoms with Crippen LogP contribution < -0.4 is 16.2 Å². The van der Waals surface area contributed by atoms with Crippen molar-refractivity contribution in [3.05, 3.63) is 34.2 Å². The number of pyridine rings is 1. The molecular formula is C15H23N3O2. The Labute approximate surface area is 119 Å². The zero-order valence-electron chi connectivity index (χ0n) is 12.2. The second kappa shape index (κ2) is 6.70. The maximum absolute atomic E-state index is 12.3. The Bertz CT molecular complexity index is 516. The van der Waals surface area contributed by atoms with Gasteiger partial charge in [-0.15, -0.1) is 0 Å². The third-order valence-corrected chi connectivity index (χ3v) is 3.50. The van der Waals surface area contributed by atoms with Gasteiger partial charge in [-0.05, 0) is 44.0 Å². The maximum atomic E-state index is 12.3. The number of hydrogen-bond acceptors (Lipinski definition) is 3. The molecule has 1 aromatic rings. The molecular weight excluding hydrogens is 254 g/mol. The van der Waals surface area contributed by atoms with Crippen LogP contribution in [0.15, 0.2) is 23.1 Å². The SMILES string of the molecule is CC(C)Cn1cccc(C(=O)NC2CCNCC2)c1=O. The van der Waals surface area contributed by atoms with E-state index in [1.54, 1.807) is 22.9 Å². The minimum absolute atomic E-state index is 0.168. The van der Waals surface area contributed by atoms with Gasteiger partial charge >= 0.3 is 0 Å². The number of amides is 1. The third kappa shape index (κ3) is 3.70. The molecule has 0 unspecified atom stereocenters. The monoisotopic (exact) mass is 277 g/mol. The molecule has 0 aromatic carbocycles. The van der Waals surface area contributed by atoms with Crippen LogP contribution in [0.5, 0.6) is 0 Å². The number of nitrogens with zero attached hydrogens (tertiary/aromatic N) is 1. The molecule has 1 aliphatic rings. The molecule has 1 amide bonds. The molecule has 1 fully saturated rings. The van der Waals surface area contributed by atoms with Crippen molar-refractivity contribution in [3.8, 4) is 0 Å². The first kappa shape index (κ1) is 14.8. The zero-order chi connectivity index (χ0) is 14.5. The van der Waals surface area contributed by atoms with E-state index in [-0.39, 0.29) is 23.1 Å². The molecule has 0 aliphatic carbocycles. The van der Waals surface area contributed by atoms with Gasteiger partial charge in [-0.1, -0.05) is 13.8 Å². The van der Waals surface area contributed by atoms with Gasteiger partial charge in [0.2, 0.25) is 0 Å². The first-order valence-electron chi connectivity index (χ1n) is 7.29. The van der Waals surface area contributed by atoms with Gasteiger partial charge in [0, 0.05) is 18.8 Å². The van der Waals surface area contributed by atoms with Crippen LogP contribution in [0, 0.1) is 5.92 Å². The summed E-state index contributed by atoms with van der Waals surface area (Å²) in [5, 5.41) is 6.22. The summed E-state index contributed by atoms with van der Waals surface area (Å²) in [4.78, 5) is 24.5. The maximum Gasteiger partial charge on any atom is 0.263 e. The molecule has 110 valence electrons. The molecule has 0 saturated carbocycles. The smallest absolute Gasteiger partial charge is 0.263 e. The molecule has 1 aliphatic heterocycles. The largest absolute Gasteiger partial charge is 0.349 e. The van der Waals surface area contributed by atoms with Crippen molar-refractivity contribution in [2.24, 2.45) is 5.92 Å². The molecule has 20 heavy (non-hydrogen) atoms. The van der Waals surface area contributed by atoms with Gasteiger partial charge in [-0.2, -0.15) is 0 Å². The van der Waals surface area contributed by atoms with Crippen LogP contribution in [0.3, 0.4) is 0 Å². The molecule has 2 rings (SSSR count). The lowest BCUT2D eigenvalue weighted by atomic mass is 10.1. The van der Waals surface area contributed by atoms with Crippen LogP contribution in [0.1, 0.15) is 37.0 Å². The Morgan fingerprint density at radius 2 is 2.15 bits per heavy atom. The molecule has 0 radical (unpaired) electrons. The van der Waals surface area contributed by atoms with Gasteiger partial charge in [-0.3, -0.25) is 9.59 Å². The Morgan fingerprint density at radius 3 is 2.80 bits per heavy atom. The van der Waals surface area contributed by atoms with E-state index in [1.807, 2.05) is 13.8 Å². The summed E-state index contributed by atoms with van der Waals surface area (Å²) in [6.07, 6.45) is 3.57. The molecule has 1 aromatic heterocycles. The highest BCUT2D eigenvalue weighted by atomic mass is 16.2. The number of aromatic nitrogens is 1. The Morgan fingerprint density at radius 1 is 1.45 bits per heavy atom. The molecule has 0 bridgehead atoms. The molecule has 2 N–H and O–H groups in total. The van der Waals surface area contributed by atoms with E-state index in [4.69, 9.17) is 0 Å². The van der Waals surface area contributed by atoms with Gasteiger partial charge < -0.3 is 15.2 Å². The molecule has 0 atom stereocenters. The third-order valence-electron chi connectivity index (χ3n) is 3.50. The summed E-state index contributed by atoms with van der Waals surface area (Å²) < 4.78 is 1.61. The average Bonchev–Trinajstić information content (AvgIpc) is 2.41. The predicted octanol–water partition coefficient (Wildman–Crippen LogP) is 0.986. The summed E-state index contributed by atoms with van der Waals surface area (Å²) >= 11 is 0. The van der Waals surface area contributed by atoms with Crippen molar-refractivity contribution in [2.45, 2.75) is 39.3 Å². The topological polar surface area (TPSA) is 63.1 Å². The number of nitrogens with one attached hydrogen (secondary N) is 2. The number of carbonyl (C=O) groups is 1. The minimum Gasteiger partial charge on any atom is -0.349 e. The van der Waals surface area contributed by atoms with E-state index in [9.17, 15) is 9.59 Å². The van der Waals surface area contributed by atoms with Crippen molar-refractivity contribution >= 4 is 5.91 Å². The van der Waals surface area contributed by atoms with Crippen LogP contribution in [0.2, 0.25) is 0 Å². The zero-order valence-corrected chi connectivity index (χ0v) is 12.2. The molecule has 2 heterocycles. The van der Waals surface area contributed by atoms with E-state index in [2.05, 4.69) is 10.6 Å². The van der Waals surface area contributed by atoms with Gasteiger partial charge in [0.15, 0.2) is 0 Å². The lowest BCUT2D eigenvalue weighted by Gasteiger charge is -2.23. The molecule has 1 saturated heterocycles. The van der Waals surface area contributed by atoms with E-state index in [0.29, 0.717) is 12.5 Å². The minimum atomic E-state index is -0.250. The van der Waals surface area contributed by atoms with Crippen LogP contribution in [-0.4, -0.2) is 29.6 Å². The summed E-state index contributed by atoms with van der Waals surface area (Å²) in [6.45, 7) is 6.56. The van der Waals surface area contributed by atoms with Crippen molar-refractivity contribution < 1.29 is 4.79 Å². The molecule has 5 nitrogen and oxygen atoms in total. The van der Waals surface area contributed by atoms with Crippen molar-refractivity contribution in [3.63, 3.8) is 0 Å². The fraction of sp³-hybridized carbons (Fsp3) is 0.600. The summed E-state index contributed by atoms with van der Waals surface area (Å²) in [5.41, 5.74) is 0.0410. The molecule has 5 heteroatoms.